The van der Waals surface area contributed by atoms with E-state index in [1.54, 1.807) is 7.11 Å². The second kappa shape index (κ2) is 8.37. The summed E-state index contributed by atoms with van der Waals surface area (Å²) >= 11 is 7.55. The van der Waals surface area contributed by atoms with E-state index in [0.29, 0.717) is 23.1 Å². The molecule has 1 aliphatic rings. The highest BCUT2D eigenvalue weighted by Gasteiger charge is 2.27. The molecule has 28 heavy (non-hydrogen) atoms. The molecule has 0 aliphatic heterocycles. The molecule has 0 amide bonds. The van der Waals surface area contributed by atoms with Gasteiger partial charge in [0.2, 0.25) is 0 Å². The lowest BCUT2D eigenvalue weighted by Crippen LogP contribution is -2.21. The van der Waals surface area contributed by atoms with Crippen LogP contribution in [0.2, 0.25) is 5.02 Å². The topological polar surface area (TPSA) is 57.0 Å². The monoisotopic (exact) mass is 413 g/mol. The Hall–Kier alpha value is -2.31. The first-order chi connectivity index (χ1) is 13.7. The summed E-state index contributed by atoms with van der Waals surface area (Å²) in [6, 6.07) is 15.3. The number of thioether (sulfide) groups is 1. The first-order valence-corrected chi connectivity index (χ1v) is 10.5. The lowest BCUT2D eigenvalue weighted by Gasteiger charge is -2.20. The van der Waals surface area contributed by atoms with Crippen LogP contribution in [0.25, 0.3) is 17.1 Å². The number of Topliss-reactive ketones (excluding diaryl/α,β-unsaturated/α-hetero) is 1. The van der Waals surface area contributed by atoms with Crippen LogP contribution in [-0.2, 0) is 4.79 Å². The summed E-state index contributed by atoms with van der Waals surface area (Å²) in [6.45, 7) is 0. The summed E-state index contributed by atoms with van der Waals surface area (Å²) in [5, 5.41) is 10.2. The van der Waals surface area contributed by atoms with Crippen LogP contribution < -0.4 is 4.74 Å². The Labute approximate surface area is 173 Å². The lowest BCUT2D eigenvalue weighted by molar-refractivity contribution is -0.119. The Kier molecular flexibility index (Phi) is 5.69. The van der Waals surface area contributed by atoms with Gasteiger partial charge in [-0.25, -0.2) is 0 Å². The number of ether oxygens (including phenoxy) is 1. The Balaban J connectivity index is 1.77. The van der Waals surface area contributed by atoms with Crippen LogP contribution in [0.3, 0.4) is 0 Å². The molecular weight excluding hydrogens is 394 g/mol. The second-order valence-corrected chi connectivity index (χ2v) is 8.27. The number of hydrogen-bond acceptors (Lipinski definition) is 5. The molecule has 5 nitrogen and oxygen atoms in total. The van der Waals surface area contributed by atoms with Crippen molar-refractivity contribution < 1.29 is 9.53 Å². The predicted octanol–water partition coefficient (Wildman–Crippen LogP) is 5.20. The third-order valence-corrected chi connectivity index (χ3v) is 6.32. The zero-order valence-corrected chi connectivity index (χ0v) is 17.0. The average molecular weight is 414 g/mol. The molecule has 0 unspecified atom stereocenters. The fourth-order valence-corrected chi connectivity index (χ4v) is 4.60. The summed E-state index contributed by atoms with van der Waals surface area (Å²) < 4.78 is 7.27. The van der Waals surface area contributed by atoms with Gasteiger partial charge >= 0.3 is 0 Å². The van der Waals surface area contributed by atoms with E-state index in [4.69, 9.17) is 16.3 Å². The molecule has 144 valence electrons. The van der Waals surface area contributed by atoms with Gasteiger partial charge in [0, 0.05) is 22.7 Å². The number of rotatable bonds is 5. The minimum atomic E-state index is -0.0620. The van der Waals surface area contributed by atoms with Gasteiger partial charge < -0.3 is 4.74 Å². The van der Waals surface area contributed by atoms with Crippen LogP contribution in [0.15, 0.2) is 53.7 Å². The van der Waals surface area contributed by atoms with Gasteiger partial charge in [0.15, 0.2) is 11.0 Å². The van der Waals surface area contributed by atoms with Gasteiger partial charge in [0.05, 0.1) is 12.4 Å². The van der Waals surface area contributed by atoms with Crippen molar-refractivity contribution in [2.45, 2.75) is 36.1 Å². The molecule has 0 saturated heterocycles. The van der Waals surface area contributed by atoms with E-state index in [0.717, 1.165) is 41.4 Å². The number of hydrogen-bond donors (Lipinski definition) is 0. The third-order valence-electron chi connectivity index (χ3n) is 4.81. The van der Waals surface area contributed by atoms with E-state index < -0.39 is 0 Å². The number of nitrogens with zero attached hydrogens (tertiary/aromatic N) is 3. The maximum absolute atomic E-state index is 12.3. The second-order valence-electron chi connectivity index (χ2n) is 6.67. The van der Waals surface area contributed by atoms with Crippen molar-refractivity contribution in [2.24, 2.45) is 0 Å². The lowest BCUT2D eigenvalue weighted by atomic mass is 9.99. The fourth-order valence-electron chi connectivity index (χ4n) is 3.30. The summed E-state index contributed by atoms with van der Waals surface area (Å²) in [5.41, 5.74) is 1.83. The number of methoxy groups -OCH3 is 1. The summed E-state index contributed by atoms with van der Waals surface area (Å²) in [7, 11) is 1.64. The van der Waals surface area contributed by atoms with Gasteiger partial charge in [-0.1, -0.05) is 29.8 Å². The molecule has 3 aromatic rings. The molecule has 0 N–H and O–H groups in total. The van der Waals surface area contributed by atoms with Gasteiger partial charge in [-0.2, -0.15) is 0 Å². The number of halogens is 1. The maximum atomic E-state index is 12.3. The SMILES string of the molecule is COc1ccc(-n2c(S[C@H]3CCCCC3=O)nnc2-c2ccc(Cl)cc2)cc1. The molecular formula is C21H20ClN3O2S. The van der Waals surface area contributed by atoms with E-state index in [9.17, 15) is 4.79 Å². The van der Waals surface area contributed by atoms with Gasteiger partial charge in [-0.05, 0) is 61.4 Å². The Morgan fingerprint density at radius 3 is 2.50 bits per heavy atom. The minimum absolute atomic E-state index is 0.0620. The van der Waals surface area contributed by atoms with Crippen molar-refractivity contribution >= 4 is 29.1 Å². The molecule has 2 aromatic carbocycles. The van der Waals surface area contributed by atoms with Crippen LogP contribution in [0.4, 0.5) is 0 Å². The van der Waals surface area contributed by atoms with Crippen molar-refractivity contribution in [1.29, 1.82) is 0 Å². The van der Waals surface area contributed by atoms with Crippen LogP contribution in [0.1, 0.15) is 25.7 Å². The van der Waals surface area contributed by atoms with E-state index in [1.165, 1.54) is 11.8 Å². The molecule has 1 aliphatic carbocycles. The average Bonchev–Trinajstić information content (AvgIpc) is 3.14. The van der Waals surface area contributed by atoms with Crippen LogP contribution >= 0.6 is 23.4 Å². The maximum Gasteiger partial charge on any atom is 0.196 e. The number of ketones is 1. The van der Waals surface area contributed by atoms with Crippen LogP contribution in [0, 0.1) is 0 Å². The quantitative estimate of drug-likeness (QED) is 0.575. The third kappa shape index (κ3) is 3.93. The van der Waals surface area contributed by atoms with Crippen LogP contribution in [0.5, 0.6) is 5.75 Å². The Bertz CT molecular complexity index is 970. The molecule has 1 atom stereocenters. The molecule has 1 saturated carbocycles. The summed E-state index contributed by atoms with van der Waals surface area (Å²) in [4.78, 5) is 12.3. The first-order valence-electron chi connectivity index (χ1n) is 9.21. The van der Waals surface area contributed by atoms with Crippen molar-refractivity contribution in [2.75, 3.05) is 7.11 Å². The fraction of sp³-hybridized carbons (Fsp3) is 0.286. The van der Waals surface area contributed by atoms with Crippen molar-refractivity contribution in [3.05, 3.63) is 53.6 Å². The van der Waals surface area contributed by atoms with Crippen molar-refractivity contribution in [1.82, 2.24) is 14.8 Å². The first kappa shape index (κ1) is 19.0. The van der Waals surface area contributed by atoms with Gasteiger partial charge in [-0.15, -0.1) is 10.2 Å². The van der Waals surface area contributed by atoms with Crippen molar-refractivity contribution in [3.63, 3.8) is 0 Å². The zero-order chi connectivity index (χ0) is 19.5. The highest BCUT2D eigenvalue weighted by molar-refractivity contribution is 8.00. The van der Waals surface area contributed by atoms with Gasteiger partial charge in [0.25, 0.3) is 0 Å². The van der Waals surface area contributed by atoms with Gasteiger partial charge in [0.1, 0.15) is 11.5 Å². The molecule has 1 heterocycles. The smallest absolute Gasteiger partial charge is 0.196 e. The number of benzene rings is 2. The molecule has 4 rings (SSSR count). The van der Waals surface area contributed by atoms with E-state index >= 15 is 0 Å². The number of aromatic nitrogens is 3. The standard InChI is InChI=1S/C21H20ClN3O2S/c1-27-17-12-10-16(11-13-17)25-20(14-6-8-15(22)9-7-14)23-24-21(25)28-19-5-3-2-4-18(19)26/h6-13,19H,2-5H2,1H3/t19-/m0/s1. The van der Waals surface area contributed by atoms with E-state index in [-0.39, 0.29) is 5.25 Å². The Morgan fingerprint density at radius 2 is 1.82 bits per heavy atom. The predicted molar refractivity (Wildman–Crippen MR) is 111 cm³/mol. The molecule has 1 fully saturated rings. The highest BCUT2D eigenvalue weighted by Crippen LogP contribution is 2.35. The van der Waals surface area contributed by atoms with Gasteiger partial charge in [-0.3, -0.25) is 9.36 Å². The molecule has 7 heteroatoms. The minimum Gasteiger partial charge on any atom is -0.497 e. The largest absolute Gasteiger partial charge is 0.497 e. The summed E-state index contributed by atoms with van der Waals surface area (Å²) in [6.07, 6.45) is 3.59. The molecule has 1 aromatic heterocycles. The van der Waals surface area contributed by atoms with Crippen LogP contribution in [-0.4, -0.2) is 32.9 Å². The van der Waals surface area contributed by atoms with Crippen molar-refractivity contribution in [3.8, 4) is 22.8 Å². The van der Waals surface area contributed by atoms with E-state index in [2.05, 4.69) is 10.2 Å². The normalized spacial score (nSPS) is 16.9. The zero-order valence-electron chi connectivity index (χ0n) is 15.5. The molecule has 0 bridgehead atoms. The number of carbonyl (C=O) groups is 1. The highest BCUT2D eigenvalue weighted by atomic mass is 35.5. The molecule has 0 radical (unpaired) electrons. The summed E-state index contributed by atoms with van der Waals surface area (Å²) in [5.74, 6) is 1.79. The number of carbonyl (C=O) groups excluding carboxylic acids is 1. The van der Waals surface area contributed by atoms with E-state index in [1.807, 2.05) is 53.1 Å². The molecule has 0 spiro atoms. The Morgan fingerprint density at radius 1 is 1.07 bits per heavy atom.